The molecule has 3 rings (SSSR count). The molecule has 2 heterocycles. The van der Waals surface area contributed by atoms with Gasteiger partial charge < -0.3 is 0 Å². The molecule has 0 fully saturated rings. The molecular formula is C12H9N7. The van der Waals surface area contributed by atoms with Crippen molar-refractivity contribution in [1.82, 2.24) is 30.4 Å². The molecule has 0 aliphatic rings. The van der Waals surface area contributed by atoms with Gasteiger partial charge in [0.15, 0.2) is 11.4 Å². The number of nitriles is 1. The minimum absolute atomic E-state index is 0.215. The summed E-state index contributed by atoms with van der Waals surface area (Å²) < 4.78 is 1.69. The second-order valence-electron chi connectivity index (χ2n) is 3.92. The first-order chi connectivity index (χ1) is 9.36. The van der Waals surface area contributed by atoms with Gasteiger partial charge in [-0.2, -0.15) is 15.6 Å². The van der Waals surface area contributed by atoms with Crippen LogP contribution in [0.3, 0.4) is 0 Å². The van der Waals surface area contributed by atoms with Crippen LogP contribution in [0.1, 0.15) is 11.3 Å². The molecule has 7 heteroatoms. The van der Waals surface area contributed by atoms with Crippen LogP contribution in [-0.4, -0.2) is 30.4 Å². The van der Waals surface area contributed by atoms with Gasteiger partial charge in [-0.25, -0.2) is 4.68 Å². The molecule has 2 aromatic heterocycles. The van der Waals surface area contributed by atoms with Crippen LogP contribution in [0.4, 0.5) is 0 Å². The molecule has 0 aliphatic carbocycles. The Balaban J connectivity index is 1.86. The molecule has 19 heavy (non-hydrogen) atoms. The summed E-state index contributed by atoms with van der Waals surface area (Å²) in [7, 11) is 0. The summed E-state index contributed by atoms with van der Waals surface area (Å²) in [6, 6.07) is 11.9. The van der Waals surface area contributed by atoms with Gasteiger partial charge >= 0.3 is 0 Å². The zero-order chi connectivity index (χ0) is 13.1. The summed E-state index contributed by atoms with van der Waals surface area (Å²) in [5.74, 6) is 0. The van der Waals surface area contributed by atoms with Gasteiger partial charge in [0, 0.05) is 0 Å². The maximum Gasteiger partial charge on any atom is 0.192 e. The lowest BCUT2D eigenvalue weighted by molar-refractivity contribution is 0.650. The van der Waals surface area contributed by atoms with Crippen molar-refractivity contribution >= 4 is 0 Å². The second kappa shape index (κ2) is 4.70. The molecular weight excluding hydrogens is 242 g/mol. The van der Waals surface area contributed by atoms with E-state index in [9.17, 15) is 0 Å². The third-order valence-electron chi connectivity index (χ3n) is 2.62. The van der Waals surface area contributed by atoms with Gasteiger partial charge in [0.25, 0.3) is 0 Å². The lowest BCUT2D eigenvalue weighted by Crippen LogP contribution is -1.99. The van der Waals surface area contributed by atoms with Crippen LogP contribution >= 0.6 is 0 Å². The topological polar surface area (TPSA) is 96.1 Å². The smallest absolute Gasteiger partial charge is 0.192 e. The fourth-order valence-electron chi connectivity index (χ4n) is 1.74. The van der Waals surface area contributed by atoms with E-state index in [-0.39, 0.29) is 5.69 Å². The van der Waals surface area contributed by atoms with Crippen molar-refractivity contribution in [2.24, 2.45) is 0 Å². The number of rotatable bonds is 3. The Hall–Kier alpha value is -3.01. The third kappa shape index (κ3) is 2.19. The first-order valence-electron chi connectivity index (χ1n) is 5.62. The van der Waals surface area contributed by atoms with Gasteiger partial charge in [-0.1, -0.05) is 35.5 Å². The van der Waals surface area contributed by atoms with Crippen molar-refractivity contribution in [2.75, 3.05) is 0 Å². The molecule has 3 aromatic rings. The highest BCUT2D eigenvalue weighted by Gasteiger charge is 2.13. The van der Waals surface area contributed by atoms with Crippen molar-refractivity contribution in [3.8, 4) is 17.5 Å². The summed E-state index contributed by atoms with van der Waals surface area (Å²) in [6.45, 7) is 0.619. The van der Waals surface area contributed by atoms with Crippen LogP contribution in [0, 0.1) is 11.3 Å². The lowest BCUT2D eigenvalue weighted by Gasteiger charge is -1.98. The highest BCUT2D eigenvalue weighted by Crippen LogP contribution is 2.15. The van der Waals surface area contributed by atoms with Crippen molar-refractivity contribution in [3.05, 3.63) is 47.8 Å². The van der Waals surface area contributed by atoms with E-state index in [0.29, 0.717) is 17.9 Å². The highest BCUT2D eigenvalue weighted by atomic mass is 15.4. The number of hydrogen-bond acceptors (Lipinski definition) is 5. The van der Waals surface area contributed by atoms with Gasteiger partial charge in [0.2, 0.25) is 0 Å². The fraction of sp³-hybridized carbons (Fsp3) is 0.0833. The zero-order valence-corrected chi connectivity index (χ0v) is 9.85. The fourth-order valence-corrected chi connectivity index (χ4v) is 1.74. The first-order valence-corrected chi connectivity index (χ1v) is 5.62. The number of nitrogens with one attached hydrogen (secondary N) is 1. The maximum atomic E-state index is 8.88. The minimum atomic E-state index is 0.215. The monoisotopic (exact) mass is 251 g/mol. The number of hydrogen-bond donors (Lipinski definition) is 1. The van der Waals surface area contributed by atoms with Crippen LogP contribution < -0.4 is 0 Å². The van der Waals surface area contributed by atoms with E-state index in [2.05, 4.69) is 25.7 Å². The Kier molecular flexibility index (Phi) is 2.74. The van der Waals surface area contributed by atoms with E-state index in [1.165, 1.54) is 0 Å². The lowest BCUT2D eigenvalue weighted by atomic mass is 10.2. The molecule has 0 saturated carbocycles. The molecule has 0 unspecified atom stereocenters. The number of nitrogens with zero attached hydrogens (tertiary/aromatic N) is 6. The van der Waals surface area contributed by atoms with Gasteiger partial charge in [-0.15, -0.1) is 10.2 Å². The average molecular weight is 251 g/mol. The van der Waals surface area contributed by atoms with Gasteiger partial charge in [-0.3, -0.25) is 0 Å². The number of benzene rings is 1. The van der Waals surface area contributed by atoms with Crippen LogP contribution in [0.2, 0.25) is 0 Å². The second-order valence-corrected chi connectivity index (χ2v) is 3.92. The van der Waals surface area contributed by atoms with E-state index >= 15 is 0 Å². The predicted molar refractivity (Wildman–Crippen MR) is 65.7 cm³/mol. The van der Waals surface area contributed by atoms with Gasteiger partial charge in [-0.05, 0) is 5.56 Å². The van der Waals surface area contributed by atoms with Crippen molar-refractivity contribution in [3.63, 3.8) is 0 Å². The highest BCUT2D eigenvalue weighted by molar-refractivity contribution is 5.58. The molecule has 0 bridgehead atoms. The van der Waals surface area contributed by atoms with Gasteiger partial charge in [0.05, 0.1) is 12.7 Å². The molecule has 0 aliphatic heterocycles. The van der Waals surface area contributed by atoms with E-state index in [1.807, 2.05) is 36.4 Å². The van der Waals surface area contributed by atoms with E-state index in [4.69, 9.17) is 5.26 Å². The molecule has 7 nitrogen and oxygen atoms in total. The molecule has 0 spiro atoms. The molecule has 0 amide bonds. The summed E-state index contributed by atoms with van der Waals surface area (Å²) in [4.78, 5) is 0. The number of H-pyrrole nitrogens is 1. The van der Waals surface area contributed by atoms with E-state index in [0.717, 1.165) is 5.56 Å². The van der Waals surface area contributed by atoms with Crippen molar-refractivity contribution < 1.29 is 0 Å². The summed E-state index contributed by atoms with van der Waals surface area (Å²) >= 11 is 0. The predicted octanol–water partition coefficient (Wildman–Crippen LogP) is 0.983. The molecule has 1 N–H and O–H groups in total. The molecule has 92 valence electrons. The Morgan fingerprint density at radius 2 is 2.05 bits per heavy atom. The summed E-state index contributed by atoms with van der Waals surface area (Å²) in [5.41, 5.74) is 2.29. The van der Waals surface area contributed by atoms with E-state index < -0.39 is 0 Å². The Morgan fingerprint density at radius 1 is 1.21 bits per heavy atom. The summed E-state index contributed by atoms with van der Waals surface area (Å²) in [5, 5.41) is 26.9. The third-order valence-corrected chi connectivity index (χ3v) is 2.62. The largest absolute Gasteiger partial charge is 0.247 e. The maximum absolute atomic E-state index is 8.88. The zero-order valence-electron chi connectivity index (χ0n) is 9.85. The quantitative estimate of drug-likeness (QED) is 0.748. The van der Waals surface area contributed by atoms with Crippen molar-refractivity contribution in [2.45, 2.75) is 6.54 Å². The van der Waals surface area contributed by atoms with E-state index in [1.54, 1.807) is 10.9 Å². The van der Waals surface area contributed by atoms with Crippen LogP contribution in [0.25, 0.3) is 11.4 Å². The average Bonchev–Trinajstić information content (AvgIpc) is 3.07. The Bertz CT molecular complexity index is 720. The number of aromatic nitrogens is 6. The van der Waals surface area contributed by atoms with Crippen LogP contribution in [0.5, 0.6) is 0 Å². The first kappa shape index (κ1) is 11.1. The molecule has 0 atom stereocenters. The minimum Gasteiger partial charge on any atom is -0.247 e. The Labute approximate surface area is 108 Å². The normalized spacial score (nSPS) is 10.3. The van der Waals surface area contributed by atoms with Crippen LogP contribution in [0.15, 0.2) is 36.5 Å². The SMILES string of the molecule is N#Cc1n[nH]nc1-c1cn(Cc2ccccc2)nn1. The molecule has 0 saturated heterocycles. The van der Waals surface area contributed by atoms with Gasteiger partial charge in [0.1, 0.15) is 11.8 Å². The standard InChI is InChI=1S/C12H9N7/c13-6-10-12(16-17-14-10)11-8-19(18-15-11)7-9-4-2-1-3-5-9/h1-5,8H,7H2,(H,14,16,17). The molecule has 1 aromatic carbocycles. The van der Waals surface area contributed by atoms with Crippen LogP contribution in [-0.2, 0) is 6.54 Å². The number of aromatic amines is 1. The van der Waals surface area contributed by atoms with Crippen molar-refractivity contribution in [1.29, 1.82) is 5.26 Å². The summed E-state index contributed by atoms with van der Waals surface area (Å²) in [6.07, 6.45) is 1.74. The molecule has 0 radical (unpaired) electrons. The Morgan fingerprint density at radius 3 is 2.84 bits per heavy atom.